The van der Waals surface area contributed by atoms with E-state index in [9.17, 15) is 4.79 Å². The molecule has 0 fully saturated rings. The summed E-state index contributed by atoms with van der Waals surface area (Å²) in [6, 6.07) is 1.97. The van der Waals surface area contributed by atoms with E-state index in [4.69, 9.17) is 5.73 Å². The van der Waals surface area contributed by atoms with Gasteiger partial charge < -0.3 is 11.1 Å². The Labute approximate surface area is 95.8 Å². The number of halogens is 1. The standard InChI is InChI=1S/C9H13BrN2OS/c1-6(4-11)9(13)12-5-8-7(10)2-3-14-8/h2-3,6H,4-5,11H2,1H3,(H,12,13). The molecule has 0 saturated carbocycles. The number of amides is 1. The largest absolute Gasteiger partial charge is 0.351 e. The van der Waals surface area contributed by atoms with Crippen molar-refractivity contribution in [3.05, 3.63) is 20.8 Å². The van der Waals surface area contributed by atoms with Gasteiger partial charge in [0, 0.05) is 21.8 Å². The van der Waals surface area contributed by atoms with Gasteiger partial charge in [0.1, 0.15) is 0 Å². The smallest absolute Gasteiger partial charge is 0.224 e. The van der Waals surface area contributed by atoms with Crippen molar-refractivity contribution in [3.8, 4) is 0 Å². The Balaban J connectivity index is 2.41. The van der Waals surface area contributed by atoms with Crippen LogP contribution in [-0.4, -0.2) is 12.5 Å². The molecule has 1 rings (SSSR count). The maximum atomic E-state index is 11.4. The summed E-state index contributed by atoms with van der Waals surface area (Å²) in [5.41, 5.74) is 5.38. The predicted molar refractivity (Wildman–Crippen MR) is 62.1 cm³/mol. The molecule has 0 radical (unpaired) electrons. The van der Waals surface area contributed by atoms with Crippen molar-refractivity contribution in [2.45, 2.75) is 13.5 Å². The van der Waals surface area contributed by atoms with Crippen LogP contribution in [-0.2, 0) is 11.3 Å². The van der Waals surface area contributed by atoms with Crippen molar-refractivity contribution in [1.82, 2.24) is 5.32 Å². The molecule has 1 heterocycles. The average Bonchev–Trinajstić information content (AvgIpc) is 2.59. The molecule has 0 aromatic carbocycles. The van der Waals surface area contributed by atoms with Crippen LogP contribution in [0.4, 0.5) is 0 Å². The summed E-state index contributed by atoms with van der Waals surface area (Å²) in [7, 11) is 0. The Morgan fingerprint density at radius 1 is 1.79 bits per heavy atom. The van der Waals surface area contributed by atoms with Crippen molar-refractivity contribution in [1.29, 1.82) is 0 Å². The van der Waals surface area contributed by atoms with Gasteiger partial charge in [-0.1, -0.05) is 6.92 Å². The molecule has 1 aromatic rings. The summed E-state index contributed by atoms with van der Waals surface area (Å²) >= 11 is 5.02. The number of thiophene rings is 1. The third-order valence-corrected chi connectivity index (χ3v) is 3.84. The third-order valence-electron chi connectivity index (χ3n) is 1.92. The van der Waals surface area contributed by atoms with Gasteiger partial charge in [0.05, 0.1) is 6.54 Å². The molecule has 3 nitrogen and oxygen atoms in total. The molecule has 1 atom stereocenters. The highest BCUT2D eigenvalue weighted by molar-refractivity contribution is 9.10. The van der Waals surface area contributed by atoms with Gasteiger partial charge in [-0.3, -0.25) is 4.79 Å². The molecule has 3 N–H and O–H groups in total. The van der Waals surface area contributed by atoms with Crippen LogP contribution in [0.5, 0.6) is 0 Å². The van der Waals surface area contributed by atoms with Crippen molar-refractivity contribution in [2.24, 2.45) is 11.7 Å². The number of hydrogen-bond acceptors (Lipinski definition) is 3. The molecular weight excluding hydrogens is 264 g/mol. The number of carbonyl (C=O) groups excluding carboxylic acids is 1. The number of nitrogens with two attached hydrogens (primary N) is 1. The number of hydrogen-bond donors (Lipinski definition) is 2. The number of rotatable bonds is 4. The highest BCUT2D eigenvalue weighted by atomic mass is 79.9. The van der Waals surface area contributed by atoms with E-state index >= 15 is 0 Å². The minimum atomic E-state index is -0.117. The zero-order valence-electron chi connectivity index (χ0n) is 7.92. The Kier molecular flexibility index (Phi) is 4.57. The lowest BCUT2D eigenvalue weighted by Crippen LogP contribution is -2.32. The summed E-state index contributed by atoms with van der Waals surface area (Å²) < 4.78 is 1.04. The lowest BCUT2D eigenvalue weighted by Gasteiger charge is -2.08. The van der Waals surface area contributed by atoms with E-state index < -0.39 is 0 Å². The lowest BCUT2D eigenvalue weighted by molar-refractivity contribution is -0.124. The molecule has 78 valence electrons. The number of nitrogens with one attached hydrogen (secondary N) is 1. The fraction of sp³-hybridized carbons (Fsp3) is 0.444. The minimum absolute atomic E-state index is 0.00722. The molecule has 0 bridgehead atoms. The van der Waals surface area contributed by atoms with Crippen molar-refractivity contribution < 1.29 is 4.79 Å². The van der Waals surface area contributed by atoms with Crippen LogP contribution < -0.4 is 11.1 Å². The van der Waals surface area contributed by atoms with E-state index in [1.807, 2.05) is 18.4 Å². The summed E-state index contributed by atoms with van der Waals surface area (Å²) in [5, 5.41) is 4.82. The predicted octanol–water partition coefficient (Wildman–Crippen LogP) is 1.72. The van der Waals surface area contributed by atoms with Gasteiger partial charge in [-0.2, -0.15) is 0 Å². The van der Waals surface area contributed by atoms with E-state index in [-0.39, 0.29) is 11.8 Å². The fourth-order valence-corrected chi connectivity index (χ4v) is 2.33. The zero-order valence-corrected chi connectivity index (χ0v) is 10.3. The van der Waals surface area contributed by atoms with Crippen LogP contribution >= 0.6 is 27.3 Å². The molecule has 1 amide bonds. The molecule has 5 heteroatoms. The Hall–Kier alpha value is -0.390. The van der Waals surface area contributed by atoms with Crippen LogP contribution in [0.25, 0.3) is 0 Å². The zero-order chi connectivity index (χ0) is 10.6. The molecule has 0 aliphatic rings. The van der Waals surface area contributed by atoms with Crippen LogP contribution in [0.2, 0.25) is 0 Å². The van der Waals surface area contributed by atoms with Gasteiger partial charge in [-0.15, -0.1) is 11.3 Å². The molecule has 1 aromatic heterocycles. The molecule has 14 heavy (non-hydrogen) atoms. The molecule has 0 spiro atoms. The highest BCUT2D eigenvalue weighted by Gasteiger charge is 2.10. The molecule has 0 aliphatic carbocycles. The Morgan fingerprint density at radius 2 is 2.50 bits per heavy atom. The maximum absolute atomic E-state index is 11.4. The first-order valence-corrected chi connectivity index (χ1v) is 6.02. The summed E-state index contributed by atoms with van der Waals surface area (Å²) in [6.07, 6.45) is 0. The van der Waals surface area contributed by atoms with Crippen molar-refractivity contribution in [3.63, 3.8) is 0 Å². The molecular formula is C9H13BrN2OS. The van der Waals surface area contributed by atoms with Gasteiger partial charge >= 0.3 is 0 Å². The summed E-state index contributed by atoms with van der Waals surface area (Å²) in [6.45, 7) is 2.78. The summed E-state index contributed by atoms with van der Waals surface area (Å²) in [4.78, 5) is 12.5. The van der Waals surface area contributed by atoms with Crippen LogP contribution in [0, 0.1) is 5.92 Å². The molecule has 0 saturated heterocycles. The van der Waals surface area contributed by atoms with Crippen molar-refractivity contribution >= 4 is 33.2 Å². The van der Waals surface area contributed by atoms with E-state index in [2.05, 4.69) is 21.2 Å². The van der Waals surface area contributed by atoms with Gasteiger partial charge in [0.2, 0.25) is 5.91 Å². The van der Waals surface area contributed by atoms with E-state index in [0.29, 0.717) is 13.1 Å². The highest BCUT2D eigenvalue weighted by Crippen LogP contribution is 2.22. The molecule has 0 aliphatic heterocycles. The van der Waals surface area contributed by atoms with Crippen molar-refractivity contribution in [2.75, 3.05) is 6.54 Å². The maximum Gasteiger partial charge on any atom is 0.224 e. The fourth-order valence-electron chi connectivity index (χ4n) is 0.900. The summed E-state index contributed by atoms with van der Waals surface area (Å²) in [5.74, 6) is -0.110. The van der Waals surface area contributed by atoms with Gasteiger partial charge in [-0.05, 0) is 27.4 Å². The normalized spacial score (nSPS) is 12.5. The second-order valence-electron chi connectivity index (χ2n) is 3.05. The SMILES string of the molecule is CC(CN)C(=O)NCc1sccc1Br. The Bertz CT molecular complexity index is 314. The topological polar surface area (TPSA) is 55.1 Å². The average molecular weight is 277 g/mol. The minimum Gasteiger partial charge on any atom is -0.351 e. The molecule has 1 unspecified atom stereocenters. The monoisotopic (exact) mass is 276 g/mol. The first-order chi connectivity index (χ1) is 6.65. The first kappa shape index (κ1) is 11.7. The van der Waals surface area contributed by atoms with Crippen LogP contribution in [0.3, 0.4) is 0 Å². The second-order valence-corrected chi connectivity index (χ2v) is 4.90. The van der Waals surface area contributed by atoms with Gasteiger partial charge in [0.15, 0.2) is 0 Å². The first-order valence-electron chi connectivity index (χ1n) is 4.34. The van der Waals surface area contributed by atoms with E-state index in [1.54, 1.807) is 11.3 Å². The van der Waals surface area contributed by atoms with Gasteiger partial charge in [-0.25, -0.2) is 0 Å². The van der Waals surface area contributed by atoms with Gasteiger partial charge in [0.25, 0.3) is 0 Å². The van der Waals surface area contributed by atoms with E-state index in [1.165, 1.54) is 0 Å². The van der Waals surface area contributed by atoms with E-state index in [0.717, 1.165) is 9.35 Å². The quantitative estimate of drug-likeness (QED) is 0.880. The van der Waals surface area contributed by atoms with Crippen LogP contribution in [0.15, 0.2) is 15.9 Å². The number of carbonyl (C=O) groups is 1. The lowest BCUT2D eigenvalue weighted by atomic mass is 10.2. The third kappa shape index (κ3) is 3.08. The second kappa shape index (κ2) is 5.48. The Morgan fingerprint density at radius 3 is 3.00 bits per heavy atom. The van der Waals surface area contributed by atoms with Crippen LogP contribution in [0.1, 0.15) is 11.8 Å².